The molecule has 0 saturated carbocycles. The van der Waals surface area contributed by atoms with Gasteiger partial charge in [0, 0.05) is 30.0 Å². The molecule has 3 heteroatoms. The minimum Gasteiger partial charge on any atom is -0.350 e. The molecule has 1 aromatic heterocycles. The van der Waals surface area contributed by atoms with Gasteiger partial charge in [0.2, 0.25) is 0 Å². The van der Waals surface area contributed by atoms with Crippen molar-refractivity contribution in [2.45, 2.75) is 38.8 Å². The first kappa shape index (κ1) is 14.7. The van der Waals surface area contributed by atoms with Gasteiger partial charge in [-0.1, -0.05) is 37.1 Å². The Morgan fingerprint density at radius 2 is 2.10 bits per heavy atom. The van der Waals surface area contributed by atoms with Gasteiger partial charge in [0.05, 0.1) is 6.04 Å². The Kier molecular flexibility index (Phi) is 4.67. The van der Waals surface area contributed by atoms with Crippen LogP contribution < -0.4 is 0 Å². The number of fused-ring (bicyclic) bond motifs is 1. The number of rotatable bonds is 4. The van der Waals surface area contributed by atoms with Gasteiger partial charge >= 0.3 is 0 Å². The Morgan fingerprint density at radius 1 is 1.19 bits per heavy atom. The molecule has 2 aromatic rings. The Morgan fingerprint density at radius 3 is 2.90 bits per heavy atom. The second-order valence-electron chi connectivity index (χ2n) is 5.83. The first-order chi connectivity index (χ1) is 10.3. The van der Waals surface area contributed by atoms with Crippen LogP contribution in [0.3, 0.4) is 0 Å². The topological polar surface area (TPSA) is 8.17 Å². The lowest BCUT2D eigenvalue weighted by Crippen LogP contribution is -2.30. The van der Waals surface area contributed by atoms with Crippen molar-refractivity contribution in [3.05, 3.63) is 58.9 Å². The molecule has 0 amide bonds. The molecule has 1 aliphatic rings. The molecule has 0 fully saturated rings. The summed E-state index contributed by atoms with van der Waals surface area (Å²) in [6.45, 7) is 5.68. The maximum Gasteiger partial charge on any atom is 0.0756 e. The fraction of sp³-hybridized carbons (Fsp3) is 0.444. The van der Waals surface area contributed by atoms with E-state index in [9.17, 15) is 0 Å². The third kappa shape index (κ3) is 3.17. The molecule has 3 rings (SSSR count). The normalized spacial score (nSPS) is 19.2. The van der Waals surface area contributed by atoms with Gasteiger partial charge in [-0.05, 0) is 49.2 Å². The van der Waals surface area contributed by atoms with E-state index in [1.165, 1.54) is 30.5 Å². The van der Waals surface area contributed by atoms with Gasteiger partial charge in [-0.2, -0.15) is 0 Å². The fourth-order valence-corrected chi connectivity index (χ4v) is 3.50. The molecule has 0 radical (unpaired) electrons. The van der Waals surface area contributed by atoms with Gasteiger partial charge in [-0.3, -0.25) is 4.90 Å². The van der Waals surface area contributed by atoms with Crippen LogP contribution in [0.2, 0.25) is 5.02 Å². The molecule has 0 aliphatic carbocycles. The highest BCUT2D eigenvalue weighted by molar-refractivity contribution is 6.30. The Bertz CT molecular complexity index is 590. The minimum absolute atomic E-state index is 0.327. The van der Waals surface area contributed by atoms with Gasteiger partial charge in [-0.15, -0.1) is 0 Å². The first-order valence-corrected chi connectivity index (χ1v) is 8.32. The van der Waals surface area contributed by atoms with Crippen molar-refractivity contribution in [1.29, 1.82) is 0 Å². The standard InChI is InChI=1S/C18H23ClN2/c1-2-3-10-21-13-6-12-20-11-5-9-17(20)18(21)15-7-4-8-16(19)14-15/h4-5,7-9,11,14,18H,2-3,6,10,12-13H2,1H3/t18-/m1/s1. The number of aromatic nitrogens is 1. The lowest BCUT2D eigenvalue weighted by atomic mass is 10.0. The van der Waals surface area contributed by atoms with Gasteiger partial charge in [0.1, 0.15) is 0 Å². The zero-order valence-corrected chi connectivity index (χ0v) is 13.4. The SMILES string of the molecule is CCCCN1CCCn2cccc2[C@H]1c1cccc(Cl)c1. The van der Waals surface area contributed by atoms with E-state index in [-0.39, 0.29) is 0 Å². The van der Waals surface area contributed by atoms with Crippen LogP contribution in [-0.4, -0.2) is 22.6 Å². The number of benzene rings is 1. The van der Waals surface area contributed by atoms with Crippen molar-refractivity contribution in [2.24, 2.45) is 0 Å². The summed E-state index contributed by atoms with van der Waals surface area (Å²) >= 11 is 6.23. The molecular weight excluding hydrogens is 280 g/mol. The van der Waals surface area contributed by atoms with E-state index < -0.39 is 0 Å². The first-order valence-electron chi connectivity index (χ1n) is 7.94. The van der Waals surface area contributed by atoms with Crippen LogP contribution >= 0.6 is 11.6 Å². The van der Waals surface area contributed by atoms with Crippen LogP contribution in [0.5, 0.6) is 0 Å². The Hall–Kier alpha value is -1.25. The number of aryl methyl sites for hydroxylation is 1. The summed E-state index contributed by atoms with van der Waals surface area (Å²) in [5.74, 6) is 0. The maximum absolute atomic E-state index is 6.23. The molecule has 1 aliphatic heterocycles. The molecule has 0 unspecified atom stereocenters. The highest BCUT2D eigenvalue weighted by Gasteiger charge is 2.26. The largest absolute Gasteiger partial charge is 0.350 e. The molecule has 1 aromatic carbocycles. The van der Waals surface area contributed by atoms with Crippen molar-refractivity contribution >= 4 is 11.6 Å². The third-order valence-electron chi connectivity index (χ3n) is 4.32. The summed E-state index contributed by atoms with van der Waals surface area (Å²) in [6, 6.07) is 13.1. The number of hydrogen-bond donors (Lipinski definition) is 0. The summed E-state index contributed by atoms with van der Waals surface area (Å²) in [7, 11) is 0. The second kappa shape index (κ2) is 6.67. The Labute approximate surface area is 132 Å². The summed E-state index contributed by atoms with van der Waals surface area (Å²) in [4.78, 5) is 2.62. The molecule has 2 nitrogen and oxygen atoms in total. The molecule has 1 atom stereocenters. The lowest BCUT2D eigenvalue weighted by Gasteiger charge is -2.30. The van der Waals surface area contributed by atoms with Crippen molar-refractivity contribution in [3.8, 4) is 0 Å². The van der Waals surface area contributed by atoms with E-state index in [0.717, 1.165) is 24.7 Å². The van der Waals surface area contributed by atoms with E-state index in [0.29, 0.717) is 6.04 Å². The minimum atomic E-state index is 0.327. The van der Waals surface area contributed by atoms with Gasteiger partial charge in [0.15, 0.2) is 0 Å². The number of unbranched alkanes of at least 4 members (excludes halogenated alkanes) is 1. The van der Waals surface area contributed by atoms with E-state index in [2.05, 4.69) is 52.9 Å². The predicted molar refractivity (Wildman–Crippen MR) is 88.8 cm³/mol. The molecule has 112 valence electrons. The van der Waals surface area contributed by atoms with Crippen molar-refractivity contribution in [1.82, 2.24) is 9.47 Å². The van der Waals surface area contributed by atoms with Crippen LogP contribution in [0.25, 0.3) is 0 Å². The molecule has 2 heterocycles. The molecular formula is C18H23ClN2. The summed E-state index contributed by atoms with van der Waals surface area (Å²) in [6.07, 6.45) is 5.90. The van der Waals surface area contributed by atoms with Gasteiger partial charge < -0.3 is 4.57 Å². The van der Waals surface area contributed by atoms with Crippen LogP contribution in [0.15, 0.2) is 42.6 Å². The Balaban J connectivity index is 2.00. The summed E-state index contributed by atoms with van der Waals surface area (Å²) in [5, 5.41) is 0.824. The van der Waals surface area contributed by atoms with Crippen LogP contribution in [0.1, 0.15) is 43.5 Å². The highest BCUT2D eigenvalue weighted by atomic mass is 35.5. The van der Waals surface area contributed by atoms with E-state index in [1.807, 2.05) is 6.07 Å². The molecule has 21 heavy (non-hydrogen) atoms. The monoisotopic (exact) mass is 302 g/mol. The lowest BCUT2D eigenvalue weighted by molar-refractivity contribution is 0.226. The number of hydrogen-bond acceptors (Lipinski definition) is 1. The van der Waals surface area contributed by atoms with Crippen LogP contribution in [-0.2, 0) is 6.54 Å². The number of nitrogens with zero attached hydrogens (tertiary/aromatic N) is 2. The van der Waals surface area contributed by atoms with Crippen LogP contribution in [0.4, 0.5) is 0 Å². The van der Waals surface area contributed by atoms with E-state index in [1.54, 1.807) is 0 Å². The van der Waals surface area contributed by atoms with Crippen molar-refractivity contribution < 1.29 is 0 Å². The molecule has 0 N–H and O–H groups in total. The van der Waals surface area contributed by atoms with E-state index >= 15 is 0 Å². The fourth-order valence-electron chi connectivity index (χ4n) is 3.30. The maximum atomic E-state index is 6.23. The smallest absolute Gasteiger partial charge is 0.0756 e. The van der Waals surface area contributed by atoms with Crippen molar-refractivity contribution in [2.75, 3.05) is 13.1 Å². The summed E-state index contributed by atoms with van der Waals surface area (Å²) in [5.41, 5.74) is 2.70. The average molecular weight is 303 g/mol. The zero-order chi connectivity index (χ0) is 14.7. The second-order valence-corrected chi connectivity index (χ2v) is 6.26. The van der Waals surface area contributed by atoms with Crippen LogP contribution in [0, 0.1) is 0 Å². The summed E-state index contributed by atoms with van der Waals surface area (Å²) < 4.78 is 2.40. The van der Waals surface area contributed by atoms with E-state index in [4.69, 9.17) is 11.6 Å². The molecule has 0 spiro atoms. The quantitative estimate of drug-likeness (QED) is 0.792. The van der Waals surface area contributed by atoms with Gasteiger partial charge in [0.25, 0.3) is 0 Å². The van der Waals surface area contributed by atoms with Crippen molar-refractivity contribution in [3.63, 3.8) is 0 Å². The highest BCUT2D eigenvalue weighted by Crippen LogP contribution is 2.33. The number of halogens is 1. The molecule has 0 bridgehead atoms. The zero-order valence-electron chi connectivity index (χ0n) is 12.6. The predicted octanol–water partition coefficient (Wildman–Crippen LogP) is 4.74. The third-order valence-corrected chi connectivity index (χ3v) is 4.55. The van der Waals surface area contributed by atoms with Gasteiger partial charge in [-0.25, -0.2) is 0 Å². The average Bonchev–Trinajstić information content (AvgIpc) is 2.86. The molecule has 0 saturated heterocycles.